The Hall–Kier alpha value is -1.84. The summed E-state index contributed by atoms with van der Waals surface area (Å²) in [6.07, 6.45) is 3.52. The zero-order valence-corrected chi connectivity index (χ0v) is 18.0. The smallest absolute Gasteiger partial charge is 0.241 e. The molecule has 4 heterocycles. The predicted octanol–water partition coefficient (Wildman–Crippen LogP) is -0.990. The molecule has 0 aromatic heterocycles. The van der Waals surface area contributed by atoms with Crippen LogP contribution in [0.4, 0.5) is 0 Å². The summed E-state index contributed by atoms with van der Waals surface area (Å²) in [5, 5.41) is 9.44. The zero-order chi connectivity index (χ0) is 21.6. The third kappa shape index (κ3) is 3.46. The number of nitrogens with zero attached hydrogens (tertiary/aromatic N) is 2. The summed E-state index contributed by atoms with van der Waals surface area (Å²) in [5.74, 6) is -0.0402. The molecule has 0 spiro atoms. The molecule has 9 nitrogen and oxygen atoms in total. The first-order valence-electron chi connectivity index (χ1n) is 11.1. The first kappa shape index (κ1) is 21.4. The van der Waals surface area contributed by atoms with E-state index in [1.54, 1.807) is 23.9 Å². The van der Waals surface area contributed by atoms with Crippen LogP contribution in [0.2, 0.25) is 0 Å². The Bertz CT molecular complexity index is 743. The molecule has 0 aromatic rings. The molecule has 4 fully saturated rings. The predicted molar refractivity (Wildman–Crippen MR) is 109 cm³/mol. The van der Waals surface area contributed by atoms with E-state index in [-0.39, 0.29) is 53.6 Å². The molecular weight excluding hydrogens is 386 g/mol. The van der Waals surface area contributed by atoms with E-state index in [0.717, 1.165) is 12.8 Å². The van der Waals surface area contributed by atoms with E-state index in [2.05, 4.69) is 16.0 Å². The van der Waals surface area contributed by atoms with E-state index in [1.165, 1.54) is 6.92 Å². The summed E-state index contributed by atoms with van der Waals surface area (Å²) in [5.41, 5.74) is 0. The number of fused-ring (bicyclic) bond motifs is 2. The molecule has 4 aliphatic heterocycles. The Labute approximate surface area is 177 Å². The standard InChI is InChI=1S/C21H33N5O4/c1-11(27)17-8-12(15-5-4-13(22-2)20(29)25(15)17)9-18(28)16-6-7-24-19-10-14(23-3)21(30)26(16)19/h12-17,19,22-24H,4-10H2,1-3H3. The van der Waals surface area contributed by atoms with Gasteiger partial charge in [0.1, 0.15) is 0 Å². The van der Waals surface area contributed by atoms with E-state index in [4.69, 9.17) is 0 Å². The summed E-state index contributed by atoms with van der Waals surface area (Å²) >= 11 is 0. The summed E-state index contributed by atoms with van der Waals surface area (Å²) < 4.78 is 0. The van der Waals surface area contributed by atoms with Gasteiger partial charge in [0.15, 0.2) is 11.6 Å². The van der Waals surface area contributed by atoms with Gasteiger partial charge >= 0.3 is 0 Å². The van der Waals surface area contributed by atoms with Crippen LogP contribution in [0.15, 0.2) is 0 Å². The minimum atomic E-state index is -0.445. The summed E-state index contributed by atoms with van der Waals surface area (Å²) in [4.78, 5) is 54.8. The molecule has 30 heavy (non-hydrogen) atoms. The van der Waals surface area contributed by atoms with Gasteiger partial charge < -0.3 is 20.4 Å². The molecular formula is C21H33N5O4. The Morgan fingerprint density at radius 1 is 0.967 bits per heavy atom. The second-order valence-electron chi connectivity index (χ2n) is 9.12. The van der Waals surface area contributed by atoms with E-state index in [1.807, 2.05) is 0 Å². The van der Waals surface area contributed by atoms with Gasteiger partial charge in [-0.25, -0.2) is 0 Å². The van der Waals surface area contributed by atoms with Crippen molar-refractivity contribution < 1.29 is 19.2 Å². The van der Waals surface area contributed by atoms with Gasteiger partial charge in [0.05, 0.1) is 30.3 Å². The molecule has 7 atom stereocenters. The van der Waals surface area contributed by atoms with Crippen molar-refractivity contribution in [1.29, 1.82) is 0 Å². The molecule has 3 N–H and O–H groups in total. The molecule has 4 aliphatic rings. The lowest BCUT2D eigenvalue weighted by Crippen LogP contribution is -2.58. The topological polar surface area (TPSA) is 111 Å². The van der Waals surface area contributed by atoms with Gasteiger partial charge in [-0.05, 0) is 59.2 Å². The second-order valence-corrected chi connectivity index (χ2v) is 9.12. The van der Waals surface area contributed by atoms with Crippen molar-refractivity contribution >= 4 is 23.4 Å². The fourth-order valence-electron chi connectivity index (χ4n) is 6.00. The number of carbonyl (C=O) groups excluding carboxylic acids is 4. The van der Waals surface area contributed by atoms with E-state index < -0.39 is 12.1 Å². The third-order valence-corrected chi connectivity index (χ3v) is 7.55. The monoisotopic (exact) mass is 419 g/mol. The van der Waals surface area contributed by atoms with Gasteiger partial charge in [-0.2, -0.15) is 0 Å². The van der Waals surface area contributed by atoms with Crippen molar-refractivity contribution in [3.63, 3.8) is 0 Å². The highest BCUT2D eigenvalue weighted by molar-refractivity contribution is 5.94. The van der Waals surface area contributed by atoms with Gasteiger partial charge in [0.25, 0.3) is 0 Å². The minimum Gasteiger partial charge on any atom is -0.328 e. The maximum Gasteiger partial charge on any atom is 0.241 e. The minimum absolute atomic E-state index is 0.0198. The Morgan fingerprint density at radius 3 is 2.33 bits per heavy atom. The summed E-state index contributed by atoms with van der Waals surface area (Å²) in [6, 6.07) is -1.45. The van der Waals surface area contributed by atoms with Crippen LogP contribution in [0, 0.1) is 5.92 Å². The molecule has 4 rings (SSSR count). The molecule has 0 aliphatic carbocycles. The van der Waals surface area contributed by atoms with Crippen LogP contribution in [0.1, 0.15) is 45.4 Å². The number of nitrogens with one attached hydrogen (secondary N) is 3. The van der Waals surface area contributed by atoms with Gasteiger partial charge in [0, 0.05) is 18.9 Å². The van der Waals surface area contributed by atoms with Crippen LogP contribution < -0.4 is 16.0 Å². The van der Waals surface area contributed by atoms with Gasteiger partial charge in [-0.15, -0.1) is 0 Å². The number of ketones is 2. The van der Waals surface area contributed by atoms with Crippen molar-refractivity contribution in [1.82, 2.24) is 25.8 Å². The zero-order valence-electron chi connectivity index (χ0n) is 18.0. The molecule has 166 valence electrons. The quantitative estimate of drug-likeness (QED) is 0.507. The first-order chi connectivity index (χ1) is 14.4. The number of hydrogen-bond donors (Lipinski definition) is 3. The van der Waals surface area contributed by atoms with Gasteiger partial charge in [0.2, 0.25) is 11.8 Å². The summed E-state index contributed by atoms with van der Waals surface area (Å²) in [6.45, 7) is 2.24. The normalized spacial score (nSPS) is 38.6. The molecule has 4 saturated heterocycles. The summed E-state index contributed by atoms with van der Waals surface area (Å²) in [7, 11) is 3.53. The Balaban J connectivity index is 1.50. The van der Waals surface area contributed by atoms with Crippen molar-refractivity contribution in [2.75, 3.05) is 20.6 Å². The SMILES string of the molecule is CNC1CC2NCCC(C(=O)CC3CC(C(C)=O)N4C(=O)C(NC)CCC34)N2C1=O. The Morgan fingerprint density at radius 2 is 1.67 bits per heavy atom. The van der Waals surface area contributed by atoms with Crippen LogP contribution in [0.3, 0.4) is 0 Å². The highest BCUT2D eigenvalue weighted by Gasteiger charge is 2.51. The number of rotatable bonds is 6. The van der Waals surface area contributed by atoms with E-state index in [0.29, 0.717) is 32.2 Å². The van der Waals surface area contributed by atoms with Crippen molar-refractivity contribution in [3.05, 3.63) is 0 Å². The largest absolute Gasteiger partial charge is 0.328 e. The fourth-order valence-corrected chi connectivity index (χ4v) is 6.00. The van der Waals surface area contributed by atoms with Gasteiger partial charge in [-0.3, -0.25) is 24.5 Å². The van der Waals surface area contributed by atoms with Crippen LogP contribution in [0.25, 0.3) is 0 Å². The van der Waals surface area contributed by atoms with Crippen molar-refractivity contribution in [2.24, 2.45) is 5.92 Å². The molecule has 2 amide bonds. The molecule has 0 saturated carbocycles. The number of Topliss-reactive ketones (excluding diaryl/α,β-unsaturated/α-hetero) is 2. The lowest BCUT2D eigenvalue weighted by atomic mass is 9.85. The number of hydrogen-bond acceptors (Lipinski definition) is 7. The highest BCUT2D eigenvalue weighted by atomic mass is 16.2. The lowest BCUT2D eigenvalue weighted by molar-refractivity contribution is -0.144. The van der Waals surface area contributed by atoms with E-state index in [9.17, 15) is 19.2 Å². The molecule has 7 unspecified atom stereocenters. The van der Waals surface area contributed by atoms with Crippen LogP contribution in [-0.4, -0.2) is 90.2 Å². The number of piperidine rings is 1. The van der Waals surface area contributed by atoms with Crippen molar-refractivity contribution in [2.45, 2.75) is 81.8 Å². The maximum absolute atomic E-state index is 13.3. The number of amides is 2. The van der Waals surface area contributed by atoms with E-state index >= 15 is 0 Å². The molecule has 0 aromatic carbocycles. The third-order valence-electron chi connectivity index (χ3n) is 7.55. The maximum atomic E-state index is 13.3. The fraction of sp³-hybridized carbons (Fsp3) is 0.810. The number of likely N-dealkylation sites (N-methyl/N-ethyl adjacent to an activating group) is 2. The van der Waals surface area contributed by atoms with Crippen LogP contribution in [0.5, 0.6) is 0 Å². The average Bonchev–Trinajstić information content (AvgIpc) is 3.26. The van der Waals surface area contributed by atoms with Crippen LogP contribution >= 0.6 is 0 Å². The second kappa shape index (κ2) is 8.36. The first-order valence-corrected chi connectivity index (χ1v) is 11.1. The molecule has 0 bridgehead atoms. The van der Waals surface area contributed by atoms with Crippen molar-refractivity contribution in [3.8, 4) is 0 Å². The number of carbonyl (C=O) groups is 4. The van der Waals surface area contributed by atoms with Gasteiger partial charge in [-0.1, -0.05) is 0 Å². The highest BCUT2D eigenvalue weighted by Crippen LogP contribution is 2.40. The Kier molecular flexibility index (Phi) is 5.96. The average molecular weight is 420 g/mol. The lowest BCUT2D eigenvalue weighted by Gasteiger charge is -2.40. The molecule has 9 heteroatoms. The van der Waals surface area contributed by atoms with Crippen LogP contribution in [-0.2, 0) is 19.2 Å². The molecule has 0 radical (unpaired) electrons.